The summed E-state index contributed by atoms with van der Waals surface area (Å²) in [6.07, 6.45) is 3.78. The van der Waals surface area contributed by atoms with Crippen LogP contribution in [0.15, 0.2) is 99.3 Å². The number of halogens is 2. The van der Waals surface area contributed by atoms with Crippen molar-refractivity contribution in [1.82, 2.24) is 0 Å². The van der Waals surface area contributed by atoms with Crippen LogP contribution < -0.4 is 14.4 Å². The minimum absolute atomic E-state index is 0.123. The third kappa shape index (κ3) is 7.72. The molecule has 1 aliphatic rings. The van der Waals surface area contributed by atoms with E-state index >= 15 is 0 Å². The molecular formula is C35H32BrIN2O3S. The van der Waals surface area contributed by atoms with Crippen molar-refractivity contribution in [3.05, 3.63) is 120 Å². The van der Waals surface area contributed by atoms with Crippen LogP contribution in [0.5, 0.6) is 11.5 Å². The van der Waals surface area contributed by atoms with Crippen LogP contribution in [0.4, 0.5) is 11.4 Å². The van der Waals surface area contributed by atoms with Gasteiger partial charge in [-0.05, 0) is 131 Å². The smallest absolute Gasteiger partial charge is 0.271 e. The summed E-state index contributed by atoms with van der Waals surface area (Å²) in [5.74, 6) is 1.13. The number of ether oxygens (including phenoxy) is 2. The Morgan fingerprint density at radius 2 is 1.44 bits per heavy atom. The van der Waals surface area contributed by atoms with Gasteiger partial charge in [-0.3, -0.25) is 9.69 Å². The van der Waals surface area contributed by atoms with Gasteiger partial charge in [0.2, 0.25) is 0 Å². The molecule has 0 atom stereocenters. The summed E-state index contributed by atoms with van der Waals surface area (Å²) in [7, 11) is 0. The molecule has 4 aromatic rings. The van der Waals surface area contributed by atoms with E-state index in [0.29, 0.717) is 34.8 Å². The lowest BCUT2D eigenvalue weighted by Crippen LogP contribution is -2.28. The number of thioether (sulfide) groups is 1. The molecule has 0 radical (unpaired) electrons. The van der Waals surface area contributed by atoms with Gasteiger partial charge in [0.1, 0.15) is 6.61 Å². The van der Waals surface area contributed by atoms with Crippen LogP contribution in [0, 0.1) is 3.57 Å². The Balaban J connectivity index is 1.48. The summed E-state index contributed by atoms with van der Waals surface area (Å²) in [5.41, 5.74) is 5.93. The predicted octanol–water partition coefficient (Wildman–Crippen LogP) is 9.96. The van der Waals surface area contributed by atoms with Crippen molar-refractivity contribution in [3.63, 3.8) is 0 Å². The lowest BCUT2D eigenvalue weighted by molar-refractivity contribution is -0.113. The highest BCUT2D eigenvalue weighted by molar-refractivity contribution is 14.1. The van der Waals surface area contributed by atoms with E-state index in [-0.39, 0.29) is 5.91 Å². The van der Waals surface area contributed by atoms with Crippen molar-refractivity contribution in [2.45, 2.75) is 40.2 Å². The summed E-state index contributed by atoms with van der Waals surface area (Å²) >= 11 is 7.36. The van der Waals surface area contributed by atoms with Gasteiger partial charge in [0, 0.05) is 8.04 Å². The molecule has 0 saturated carbocycles. The van der Waals surface area contributed by atoms with Crippen LogP contribution in [-0.2, 0) is 24.2 Å². The number of amides is 1. The van der Waals surface area contributed by atoms with E-state index < -0.39 is 0 Å². The Morgan fingerprint density at radius 3 is 2.07 bits per heavy atom. The van der Waals surface area contributed by atoms with Gasteiger partial charge < -0.3 is 9.47 Å². The summed E-state index contributed by atoms with van der Waals surface area (Å²) in [6, 6.07) is 28.3. The maximum Gasteiger partial charge on any atom is 0.271 e. The number of nitrogens with zero attached hydrogens (tertiary/aromatic N) is 2. The molecule has 0 N–H and O–H groups in total. The topological polar surface area (TPSA) is 51.1 Å². The van der Waals surface area contributed by atoms with E-state index in [2.05, 4.69) is 101 Å². The molecule has 1 amide bonds. The first kappa shape index (κ1) is 31.3. The van der Waals surface area contributed by atoms with Crippen molar-refractivity contribution in [2.75, 3.05) is 11.5 Å². The lowest BCUT2D eigenvalue weighted by atomic mass is 10.1. The quantitative estimate of drug-likeness (QED) is 0.119. The van der Waals surface area contributed by atoms with E-state index in [1.165, 1.54) is 26.5 Å². The number of aliphatic imine (C=N–C) groups is 1. The van der Waals surface area contributed by atoms with Crippen LogP contribution in [0.3, 0.4) is 0 Å². The average Bonchev–Trinajstić information content (AvgIpc) is 3.32. The normalized spacial score (nSPS) is 15.0. The van der Waals surface area contributed by atoms with Gasteiger partial charge in [0.15, 0.2) is 16.7 Å². The molecular weight excluding hydrogens is 735 g/mol. The van der Waals surface area contributed by atoms with Crippen molar-refractivity contribution >= 4 is 78.8 Å². The molecule has 0 bridgehead atoms. The molecule has 1 fully saturated rings. The summed E-state index contributed by atoms with van der Waals surface area (Å²) in [4.78, 5) is 21.1. The van der Waals surface area contributed by atoms with E-state index in [0.717, 1.165) is 39.8 Å². The van der Waals surface area contributed by atoms with E-state index in [1.807, 2.05) is 49.4 Å². The van der Waals surface area contributed by atoms with Crippen LogP contribution in [0.1, 0.15) is 43.0 Å². The van der Waals surface area contributed by atoms with Crippen LogP contribution in [-0.4, -0.2) is 17.7 Å². The minimum Gasteiger partial charge on any atom is -0.490 e. The molecule has 8 heteroatoms. The molecule has 1 saturated heterocycles. The van der Waals surface area contributed by atoms with Gasteiger partial charge in [-0.15, -0.1) is 0 Å². The molecule has 5 nitrogen and oxygen atoms in total. The number of carbonyl (C=O) groups excluding carboxylic acids is 1. The van der Waals surface area contributed by atoms with Crippen molar-refractivity contribution in [1.29, 1.82) is 0 Å². The number of amidine groups is 1. The maximum atomic E-state index is 13.9. The molecule has 0 aromatic heterocycles. The fourth-order valence-corrected chi connectivity index (χ4v) is 6.29. The highest BCUT2D eigenvalue weighted by Gasteiger charge is 2.35. The molecule has 220 valence electrons. The first-order valence-electron chi connectivity index (χ1n) is 14.2. The number of benzene rings is 4. The fraction of sp³-hybridized carbons (Fsp3) is 0.200. The molecule has 0 aliphatic carbocycles. The molecule has 43 heavy (non-hydrogen) atoms. The van der Waals surface area contributed by atoms with Gasteiger partial charge in [0.05, 0.1) is 22.9 Å². The third-order valence-electron chi connectivity index (χ3n) is 6.94. The zero-order chi connectivity index (χ0) is 30.3. The number of rotatable bonds is 10. The van der Waals surface area contributed by atoms with Crippen LogP contribution in [0.2, 0.25) is 0 Å². The van der Waals surface area contributed by atoms with Gasteiger partial charge in [-0.25, -0.2) is 4.99 Å². The van der Waals surface area contributed by atoms with Gasteiger partial charge in [-0.2, -0.15) is 0 Å². The second kappa shape index (κ2) is 14.6. The Kier molecular flexibility index (Phi) is 10.6. The summed E-state index contributed by atoms with van der Waals surface area (Å²) in [5, 5.41) is 0.614. The largest absolute Gasteiger partial charge is 0.490 e. The number of aryl methyl sites for hydroxylation is 2. The standard InChI is InChI=1S/C35H32BrIN2O3S/c1-4-23-9-15-28(16-10-23)38-35-39(29-17-11-24(5-2)12-18-29)34(40)33(43-35)20-26-19-31(41-6-3)32(21-30(26)36)42-22-25-7-13-27(37)14-8-25/h7-21H,4-6,22H2,1-3H3/b33-20-,38-35?. The second-order valence-electron chi connectivity index (χ2n) is 9.85. The summed E-state index contributed by atoms with van der Waals surface area (Å²) < 4.78 is 14.1. The van der Waals surface area contributed by atoms with Crippen molar-refractivity contribution in [2.24, 2.45) is 4.99 Å². The van der Waals surface area contributed by atoms with Gasteiger partial charge in [-0.1, -0.05) is 66.2 Å². The average molecular weight is 768 g/mol. The van der Waals surface area contributed by atoms with E-state index in [9.17, 15) is 4.79 Å². The molecule has 1 aliphatic heterocycles. The number of hydrogen-bond donors (Lipinski definition) is 0. The zero-order valence-electron chi connectivity index (χ0n) is 24.3. The van der Waals surface area contributed by atoms with Gasteiger partial charge in [0.25, 0.3) is 5.91 Å². The Morgan fingerprint density at radius 1 is 0.837 bits per heavy atom. The Bertz CT molecular complexity index is 1650. The first-order valence-corrected chi connectivity index (χ1v) is 16.9. The summed E-state index contributed by atoms with van der Waals surface area (Å²) in [6.45, 7) is 7.09. The van der Waals surface area contributed by atoms with Crippen molar-refractivity contribution < 1.29 is 14.3 Å². The highest BCUT2D eigenvalue weighted by Crippen LogP contribution is 2.40. The molecule has 1 heterocycles. The lowest BCUT2D eigenvalue weighted by Gasteiger charge is -2.16. The van der Waals surface area contributed by atoms with Crippen LogP contribution >= 0.6 is 50.3 Å². The second-order valence-corrected chi connectivity index (χ2v) is 13.0. The molecule has 4 aromatic carbocycles. The Hall–Kier alpha value is -3.08. The fourth-order valence-electron chi connectivity index (χ4n) is 4.50. The Labute approximate surface area is 279 Å². The SMILES string of the molecule is CCOc1cc(/C=C2\SC(=Nc3ccc(CC)cc3)N(c3ccc(CC)cc3)C2=O)c(Br)cc1OCc1ccc(I)cc1. The first-order chi connectivity index (χ1) is 20.9. The third-order valence-corrected chi connectivity index (χ3v) is 9.31. The predicted molar refractivity (Wildman–Crippen MR) is 191 cm³/mol. The minimum atomic E-state index is -0.123. The van der Waals surface area contributed by atoms with Crippen molar-refractivity contribution in [3.8, 4) is 11.5 Å². The highest BCUT2D eigenvalue weighted by atomic mass is 127. The number of carbonyl (C=O) groups is 1. The monoisotopic (exact) mass is 766 g/mol. The molecule has 5 rings (SSSR count). The van der Waals surface area contributed by atoms with Gasteiger partial charge >= 0.3 is 0 Å². The van der Waals surface area contributed by atoms with E-state index in [4.69, 9.17) is 14.5 Å². The molecule has 0 unspecified atom stereocenters. The number of anilines is 1. The zero-order valence-corrected chi connectivity index (χ0v) is 28.8. The van der Waals surface area contributed by atoms with Crippen LogP contribution in [0.25, 0.3) is 6.08 Å². The molecule has 0 spiro atoms. The maximum absolute atomic E-state index is 13.9. The van der Waals surface area contributed by atoms with E-state index in [1.54, 1.807) is 4.90 Å². The number of hydrogen-bond acceptors (Lipinski definition) is 5.